The van der Waals surface area contributed by atoms with Crippen LogP contribution in [0.25, 0.3) is 22.2 Å². The van der Waals surface area contributed by atoms with Crippen LogP contribution in [0.2, 0.25) is 0 Å². The van der Waals surface area contributed by atoms with Gasteiger partial charge in [-0.1, -0.05) is 24.3 Å². The Kier molecular flexibility index (Phi) is 4.88. The minimum absolute atomic E-state index is 0.176. The first-order valence-electron chi connectivity index (χ1n) is 10.3. The quantitative estimate of drug-likeness (QED) is 0.405. The highest BCUT2D eigenvalue weighted by Gasteiger charge is 2.27. The molecule has 2 aromatic heterocycles. The lowest BCUT2D eigenvalue weighted by Gasteiger charge is -2.13. The van der Waals surface area contributed by atoms with Gasteiger partial charge in [0.2, 0.25) is 0 Å². The van der Waals surface area contributed by atoms with Gasteiger partial charge in [-0.15, -0.1) is 0 Å². The van der Waals surface area contributed by atoms with E-state index in [9.17, 15) is 8.78 Å². The minimum atomic E-state index is -2.87. The van der Waals surface area contributed by atoms with Crippen LogP contribution in [-0.2, 0) is 6.54 Å². The summed E-state index contributed by atoms with van der Waals surface area (Å²) >= 11 is 0. The Morgan fingerprint density at radius 1 is 1.10 bits per heavy atom. The third-order valence-corrected chi connectivity index (χ3v) is 5.71. The molecule has 1 saturated carbocycles. The van der Waals surface area contributed by atoms with Crippen molar-refractivity contribution in [2.75, 3.05) is 0 Å². The number of benzene rings is 2. The van der Waals surface area contributed by atoms with E-state index < -0.39 is 6.61 Å². The number of fused-ring (bicyclic) bond motifs is 1. The molecule has 158 valence electrons. The first-order valence-corrected chi connectivity index (χ1v) is 10.3. The van der Waals surface area contributed by atoms with E-state index in [1.165, 1.54) is 12.8 Å². The van der Waals surface area contributed by atoms with Gasteiger partial charge in [0.15, 0.2) is 0 Å². The number of rotatable bonds is 6. The number of alkyl halides is 2. The highest BCUT2D eigenvalue weighted by Crippen LogP contribution is 2.38. The predicted octanol–water partition coefficient (Wildman–Crippen LogP) is 5.64. The van der Waals surface area contributed by atoms with Gasteiger partial charge in [0.1, 0.15) is 17.4 Å². The van der Waals surface area contributed by atoms with Crippen LogP contribution < -0.4 is 4.74 Å². The third-order valence-electron chi connectivity index (χ3n) is 5.71. The van der Waals surface area contributed by atoms with Crippen molar-refractivity contribution < 1.29 is 13.5 Å². The van der Waals surface area contributed by atoms with Crippen molar-refractivity contribution in [3.8, 4) is 16.9 Å². The second-order valence-electron chi connectivity index (χ2n) is 7.94. The van der Waals surface area contributed by atoms with Gasteiger partial charge >= 0.3 is 6.61 Å². The molecule has 5 nitrogen and oxygen atoms in total. The first kappa shape index (κ1) is 19.6. The molecule has 0 N–H and O–H groups in total. The lowest BCUT2D eigenvalue weighted by molar-refractivity contribution is -0.0504. The van der Waals surface area contributed by atoms with E-state index in [0.29, 0.717) is 18.0 Å². The summed E-state index contributed by atoms with van der Waals surface area (Å²) in [5, 5.41) is 0. The van der Waals surface area contributed by atoms with Crippen LogP contribution in [0, 0.1) is 13.8 Å². The minimum Gasteiger partial charge on any atom is -0.434 e. The maximum absolute atomic E-state index is 12.8. The molecule has 0 spiro atoms. The topological polar surface area (TPSA) is 52.8 Å². The molecule has 0 radical (unpaired) electrons. The summed E-state index contributed by atoms with van der Waals surface area (Å²) in [5.41, 5.74) is 5.39. The molecule has 31 heavy (non-hydrogen) atoms. The van der Waals surface area contributed by atoms with E-state index in [4.69, 9.17) is 9.72 Å². The molecule has 2 aromatic carbocycles. The molecule has 0 saturated heterocycles. The summed E-state index contributed by atoms with van der Waals surface area (Å²) in [6.07, 6.45) is 4.23. The Bertz CT molecular complexity index is 1260. The van der Waals surface area contributed by atoms with Gasteiger partial charge < -0.3 is 9.30 Å². The average molecular weight is 420 g/mol. The van der Waals surface area contributed by atoms with Gasteiger partial charge in [-0.25, -0.2) is 15.0 Å². The van der Waals surface area contributed by atoms with E-state index in [2.05, 4.69) is 16.0 Å². The van der Waals surface area contributed by atoms with Crippen molar-refractivity contribution in [3.63, 3.8) is 0 Å². The van der Waals surface area contributed by atoms with E-state index in [0.717, 1.165) is 39.5 Å². The number of para-hydroxylation sites is 1. The first-order chi connectivity index (χ1) is 15.0. The largest absolute Gasteiger partial charge is 0.434 e. The maximum Gasteiger partial charge on any atom is 0.387 e. The fourth-order valence-electron chi connectivity index (χ4n) is 3.93. The van der Waals surface area contributed by atoms with Gasteiger partial charge in [-0.3, -0.25) is 0 Å². The van der Waals surface area contributed by atoms with E-state index in [1.54, 1.807) is 18.2 Å². The zero-order valence-corrected chi connectivity index (χ0v) is 17.3. The van der Waals surface area contributed by atoms with Crippen LogP contribution in [0.1, 0.15) is 41.7 Å². The average Bonchev–Trinajstić information content (AvgIpc) is 3.54. The van der Waals surface area contributed by atoms with Crippen molar-refractivity contribution in [1.82, 2.24) is 19.5 Å². The van der Waals surface area contributed by atoms with Gasteiger partial charge in [0.05, 0.1) is 17.6 Å². The molecule has 4 aromatic rings. The Labute approximate surface area is 178 Å². The van der Waals surface area contributed by atoms with Crippen molar-refractivity contribution in [2.24, 2.45) is 0 Å². The molecule has 1 aliphatic rings. The highest BCUT2D eigenvalue weighted by molar-refractivity contribution is 5.83. The van der Waals surface area contributed by atoms with Crippen LogP contribution in [0.3, 0.4) is 0 Å². The summed E-state index contributed by atoms with van der Waals surface area (Å²) in [4.78, 5) is 13.9. The molecule has 0 bridgehead atoms. The number of nitrogens with zero attached hydrogens (tertiary/aromatic N) is 4. The summed E-state index contributed by atoms with van der Waals surface area (Å²) in [6, 6.07) is 12.9. The number of halogens is 2. The second kappa shape index (κ2) is 7.72. The molecular weight excluding hydrogens is 398 g/mol. The lowest BCUT2D eigenvalue weighted by Crippen LogP contribution is -2.08. The highest BCUT2D eigenvalue weighted by atomic mass is 19.3. The molecular formula is C24H22F2N4O. The van der Waals surface area contributed by atoms with Crippen molar-refractivity contribution >= 4 is 11.0 Å². The lowest BCUT2D eigenvalue weighted by atomic mass is 10.1. The summed E-state index contributed by atoms with van der Waals surface area (Å²) in [7, 11) is 0. The summed E-state index contributed by atoms with van der Waals surface area (Å²) in [5.74, 6) is 2.42. The normalized spacial score (nSPS) is 13.8. The summed E-state index contributed by atoms with van der Waals surface area (Å²) < 4.78 is 32.4. The molecule has 0 aliphatic heterocycles. The van der Waals surface area contributed by atoms with Crippen LogP contribution in [0.4, 0.5) is 8.78 Å². The fourth-order valence-corrected chi connectivity index (χ4v) is 3.93. The van der Waals surface area contributed by atoms with E-state index in [1.807, 2.05) is 42.8 Å². The number of hydrogen-bond acceptors (Lipinski definition) is 4. The predicted molar refractivity (Wildman–Crippen MR) is 114 cm³/mol. The van der Waals surface area contributed by atoms with Crippen molar-refractivity contribution in [3.05, 3.63) is 71.6 Å². The molecule has 2 heterocycles. The van der Waals surface area contributed by atoms with Crippen LogP contribution in [0.5, 0.6) is 5.75 Å². The number of ether oxygens (including phenoxy) is 1. The fraction of sp³-hybridized carbons (Fsp3) is 0.292. The molecule has 5 rings (SSSR count). The number of aromatic nitrogens is 4. The zero-order valence-electron chi connectivity index (χ0n) is 17.3. The Hall–Kier alpha value is -3.35. The molecule has 1 aliphatic carbocycles. The zero-order chi connectivity index (χ0) is 21.5. The second-order valence-corrected chi connectivity index (χ2v) is 7.94. The monoisotopic (exact) mass is 420 g/mol. The summed E-state index contributed by atoms with van der Waals surface area (Å²) in [6.45, 7) is 1.43. The van der Waals surface area contributed by atoms with Crippen molar-refractivity contribution in [1.29, 1.82) is 0 Å². The van der Waals surface area contributed by atoms with Crippen LogP contribution in [0.15, 0.2) is 48.7 Å². The van der Waals surface area contributed by atoms with E-state index in [-0.39, 0.29) is 5.75 Å². The molecule has 1 fully saturated rings. The van der Waals surface area contributed by atoms with Crippen molar-refractivity contribution in [2.45, 2.75) is 45.8 Å². The Balaban J connectivity index is 1.54. The molecule has 0 atom stereocenters. The van der Waals surface area contributed by atoms with E-state index >= 15 is 0 Å². The maximum atomic E-state index is 12.8. The SMILES string of the molecule is Cc1nc(C2CC2)ncc1-c1ccc2nc(C)n(Cc3ccccc3OC(F)F)c2c1. The Morgan fingerprint density at radius 2 is 1.90 bits per heavy atom. The van der Waals surface area contributed by atoms with Crippen LogP contribution in [-0.4, -0.2) is 26.1 Å². The Morgan fingerprint density at radius 3 is 2.65 bits per heavy atom. The molecule has 0 amide bonds. The van der Waals surface area contributed by atoms with Gasteiger partial charge in [-0.05, 0) is 50.5 Å². The smallest absolute Gasteiger partial charge is 0.387 e. The standard InChI is InChI=1S/C24H22F2N4O/c1-14-19(12-27-23(28-14)16-7-8-16)17-9-10-20-21(11-17)30(15(2)29-20)13-18-5-3-4-6-22(18)31-24(25)26/h3-6,9-12,16,24H,7-8,13H2,1-2H3. The molecule has 7 heteroatoms. The van der Waals surface area contributed by atoms with Gasteiger partial charge in [0, 0.05) is 28.9 Å². The number of aryl methyl sites for hydroxylation is 2. The molecule has 0 unspecified atom stereocenters. The number of hydrogen-bond donors (Lipinski definition) is 0. The van der Waals surface area contributed by atoms with Gasteiger partial charge in [-0.2, -0.15) is 8.78 Å². The third kappa shape index (κ3) is 3.87. The van der Waals surface area contributed by atoms with Crippen LogP contribution >= 0.6 is 0 Å². The number of imidazole rings is 1. The van der Waals surface area contributed by atoms with Gasteiger partial charge in [0.25, 0.3) is 0 Å².